The predicted molar refractivity (Wildman–Crippen MR) is 102 cm³/mol. The SMILES string of the molecule is Cc1scnc1-c1cc(F)cc(C(=O)N2CCN(c3ncccn3)CC2)c1. The van der Waals surface area contributed by atoms with Crippen LogP contribution in [0.5, 0.6) is 0 Å². The monoisotopic (exact) mass is 383 g/mol. The summed E-state index contributed by atoms with van der Waals surface area (Å²) in [4.78, 5) is 30.5. The zero-order valence-corrected chi connectivity index (χ0v) is 15.6. The van der Waals surface area contributed by atoms with E-state index in [9.17, 15) is 9.18 Å². The van der Waals surface area contributed by atoms with Gasteiger partial charge in [0.25, 0.3) is 5.91 Å². The quantitative estimate of drug-likeness (QED) is 0.696. The normalized spacial score (nSPS) is 14.4. The average Bonchev–Trinajstić information content (AvgIpc) is 3.14. The largest absolute Gasteiger partial charge is 0.337 e. The van der Waals surface area contributed by atoms with Gasteiger partial charge in [0, 0.05) is 54.6 Å². The van der Waals surface area contributed by atoms with Gasteiger partial charge in [-0.2, -0.15) is 0 Å². The van der Waals surface area contributed by atoms with Crippen molar-refractivity contribution in [3.63, 3.8) is 0 Å². The summed E-state index contributed by atoms with van der Waals surface area (Å²) in [5.74, 6) is 0.0634. The van der Waals surface area contributed by atoms with Crippen LogP contribution in [0.3, 0.4) is 0 Å². The number of carbonyl (C=O) groups is 1. The molecular formula is C19H18FN5OS. The molecule has 1 aromatic carbocycles. The molecule has 138 valence electrons. The Bertz CT molecular complexity index is 954. The van der Waals surface area contributed by atoms with Crippen molar-refractivity contribution in [3.05, 3.63) is 58.4 Å². The van der Waals surface area contributed by atoms with E-state index < -0.39 is 5.82 Å². The number of amides is 1. The third kappa shape index (κ3) is 3.66. The van der Waals surface area contributed by atoms with E-state index in [0.717, 1.165) is 10.6 Å². The third-order valence-corrected chi connectivity index (χ3v) is 5.32. The lowest BCUT2D eigenvalue weighted by Crippen LogP contribution is -2.49. The Morgan fingerprint density at radius 2 is 1.81 bits per heavy atom. The maximum atomic E-state index is 14.1. The van der Waals surface area contributed by atoms with E-state index in [-0.39, 0.29) is 5.91 Å². The van der Waals surface area contributed by atoms with Crippen LogP contribution in [-0.4, -0.2) is 51.9 Å². The summed E-state index contributed by atoms with van der Waals surface area (Å²) in [5.41, 5.74) is 3.43. The molecule has 0 aliphatic carbocycles. The van der Waals surface area contributed by atoms with Gasteiger partial charge in [0.2, 0.25) is 5.95 Å². The standard InChI is InChI=1S/C19H18FN5OS/c1-13-17(23-12-27-13)14-9-15(11-16(20)10-14)18(26)24-5-7-25(8-6-24)19-21-3-2-4-22-19/h2-4,9-12H,5-8H2,1H3. The zero-order valence-electron chi connectivity index (χ0n) is 14.8. The fourth-order valence-electron chi connectivity index (χ4n) is 3.18. The number of benzene rings is 1. The maximum Gasteiger partial charge on any atom is 0.254 e. The van der Waals surface area contributed by atoms with E-state index in [1.807, 2.05) is 11.8 Å². The Hall–Kier alpha value is -2.87. The Labute approximate surface area is 160 Å². The van der Waals surface area contributed by atoms with E-state index in [2.05, 4.69) is 15.0 Å². The van der Waals surface area contributed by atoms with Crippen LogP contribution in [0.15, 0.2) is 42.2 Å². The highest BCUT2D eigenvalue weighted by atomic mass is 32.1. The number of anilines is 1. The highest BCUT2D eigenvalue weighted by Crippen LogP contribution is 2.27. The first kappa shape index (κ1) is 17.5. The van der Waals surface area contributed by atoms with Gasteiger partial charge in [-0.25, -0.2) is 19.3 Å². The molecule has 0 spiro atoms. The van der Waals surface area contributed by atoms with E-state index in [0.29, 0.717) is 43.3 Å². The maximum absolute atomic E-state index is 14.1. The lowest BCUT2D eigenvalue weighted by molar-refractivity contribution is 0.0746. The molecule has 1 amide bonds. The fraction of sp³-hybridized carbons (Fsp3) is 0.263. The molecule has 2 aromatic heterocycles. The smallest absolute Gasteiger partial charge is 0.254 e. The summed E-state index contributed by atoms with van der Waals surface area (Å²) >= 11 is 1.50. The van der Waals surface area contributed by atoms with Crippen LogP contribution in [0.2, 0.25) is 0 Å². The van der Waals surface area contributed by atoms with Gasteiger partial charge in [-0.05, 0) is 31.2 Å². The van der Waals surface area contributed by atoms with Gasteiger partial charge in [0.1, 0.15) is 5.82 Å². The minimum Gasteiger partial charge on any atom is -0.337 e. The van der Waals surface area contributed by atoms with E-state index in [1.165, 1.54) is 23.5 Å². The second-order valence-electron chi connectivity index (χ2n) is 6.31. The van der Waals surface area contributed by atoms with Crippen molar-refractivity contribution in [3.8, 4) is 11.3 Å². The first-order valence-electron chi connectivity index (χ1n) is 8.64. The molecule has 8 heteroatoms. The Kier molecular flexibility index (Phi) is 4.81. The average molecular weight is 383 g/mol. The summed E-state index contributed by atoms with van der Waals surface area (Å²) < 4.78 is 14.1. The lowest BCUT2D eigenvalue weighted by atomic mass is 10.1. The van der Waals surface area contributed by atoms with Crippen molar-refractivity contribution >= 4 is 23.2 Å². The van der Waals surface area contributed by atoms with Gasteiger partial charge < -0.3 is 9.80 Å². The van der Waals surface area contributed by atoms with Crippen molar-refractivity contribution in [2.24, 2.45) is 0 Å². The molecule has 1 saturated heterocycles. The molecule has 0 N–H and O–H groups in total. The van der Waals surface area contributed by atoms with Gasteiger partial charge in [-0.3, -0.25) is 4.79 Å². The zero-order chi connectivity index (χ0) is 18.8. The minimum atomic E-state index is -0.431. The number of thiazole rings is 1. The molecule has 1 fully saturated rings. The van der Waals surface area contributed by atoms with E-state index >= 15 is 0 Å². The number of carbonyl (C=O) groups excluding carboxylic acids is 1. The second kappa shape index (κ2) is 7.40. The summed E-state index contributed by atoms with van der Waals surface area (Å²) in [7, 11) is 0. The van der Waals surface area contributed by atoms with Crippen LogP contribution < -0.4 is 4.90 Å². The molecule has 3 aromatic rings. The number of aromatic nitrogens is 3. The molecule has 0 saturated carbocycles. The molecule has 3 heterocycles. The topological polar surface area (TPSA) is 62.2 Å². The molecule has 4 rings (SSSR count). The van der Waals surface area contributed by atoms with Gasteiger partial charge in [-0.1, -0.05) is 0 Å². The first-order chi connectivity index (χ1) is 13.1. The number of rotatable bonds is 3. The fourth-order valence-corrected chi connectivity index (χ4v) is 3.78. The van der Waals surface area contributed by atoms with Crippen LogP contribution in [0.4, 0.5) is 10.3 Å². The van der Waals surface area contributed by atoms with Gasteiger partial charge >= 0.3 is 0 Å². The number of nitrogens with zero attached hydrogens (tertiary/aromatic N) is 5. The Balaban J connectivity index is 1.51. The third-order valence-electron chi connectivity index (χ3n) is 4.56. The predicted octanol–water partition coefficient (Wildman–Crippen LogP) is 3.01. The van der Waals surface area contributed by atoms with Crippen molar-refractivity contribution in [1.29, 1.82) is 0 Å². The molecule has 27 heavy (non-hydrogen) atoms. The number of hydrogen-bond donors (Lipinski definition) is 0. The van der Waals surface area contributed by atoms with Gasteiger partial charge in [-0.15, -0.1) is 11.3 Å². The number of hydrogen-bond acceptors (Lipinski definition) is 6. The lowest BCUT2D eigenvalue weighted by Gasteiger charge is -2.34. The van der Waals surface area contributed by atoms with Crippen LogP contribution in [0, 0.1) is 12.7 Å². The Morgan fingerprint density at radius 1 is 1.07 bits per heavy atom. The highest BCUT2D eigenvalue weighted by Gasteiger charge is 2.24. The van der Waals surface area contributed by atoms with Crippen LogP contribution in [-0.2, 0) is 0 Å². The minimum absolute atomic E-state index is 0.169. The van der Waals surface area contributed by atoms with Crippen LogP contribution in [0.1, 0.15) is 15.2 Å². The van der Waals surface area contributed by atoms with Gasteiger partial charge in [0.05, 0.1) is 11.2 Å². The molecule has 0 atom stereocenters. The van der Waals surface area contributed by atoms with Crippen LogP contribution in [0.25, 0.3) is 11.3 Å². The van der Waals surface area contributed by atoms with E-state index in [4.69, 9.17) is 0 Å². The van der Waals surface area contributed by atoms with Crippen molar-refractivity contribution in [1.82, 2.24) is 19.9 Å². The van der Waals surface area contributed by atoms with Crippen LogP contribution >= 0.6 is 11.3 Å². The van der Waals surface area contributed by atoms with Crippen molar-refractivity contribution in [2.75, 3.05) is 31.1 Å². The van der Waals surface area contributed by atoms with Crippen molar-refractivity contribution in [2.45, 2.75) is 6.92 Å². The molecule has 1 aliphatic heterocycles. The molecule has 6 nitrogen and oxygen atoms in total. The second-order valence-corrected chi connectivity index (χ2v) is 7.37. The Morgan fingerprint density at radius 3 is 2.48 bits per heavy atom. The molecular weight excluding hydrogens is 365 g/mol. The number of piperazine rings is 1. The highest BCUT2D eigenvalue weighted by molar-refractivity contribution is 7.10. The number of halogens is 1. The first-order valence-corrected chi connectivity index (χ1v) is 9.52. The summed E-state index contributed by atoms with van der Waals surface area (Å²) in [5, 5.41) is 0. The molecule has 0 bridgehead atoms. The molecule has 0 radical (unpaired) electrons. The molecule has 1 aliphatic rings. The summed E-state index contributed by atoms with van der Waals surface area (Å²) in [6, 6.07) is 6.21. The van der Waals surface area contributed by atoms with Crippen molar-refractivity contribution < 1.29 is 9.18 Å². The number of aryl methyl sites for hydroxylation is 1. The summed E-state index contributed by atoms with van der Waals surface area (Å²) in [6.45, 7) is 4.30. The molecule has 0 unspecified atom stereocenters. The summed E-state index contributed by atoms with van der Waals surface area (Å²) in [6.07, 6.45) is 3.41. The van der Waals surface area contributed by atoms with Gasteiger partial charge in [0.15, 0.2) is 0 Å². The van der Waals surface area contributed by atoms with E-state index in [1.54, 1.807) is 34.9 Å².